The molecule has 4 aliphatic rings. The summed E-state index contributed by atoms with van der Waals surface area (Å²) in [4.78, 5) is 0. The van der Waals surface area contributed by atoms with E-state index in [1.165, 1.54) is 13.8 Å². The van der Waals surface area contributed by atoms with Gasteiger partial charge in [0.05, 0.1) is 17.8 Å². The molecule has 5 heteroatoms. The van der Waals surface area contributed by atoms with Crippen molar-refractivity contribution in [3.05, 3.63) is 11.6 Å². The molecule has 35 heavy (non-hydrogen) atoms. The summed E-state index contributed by atoms with van der Waals surface area (Å²) in [5.74, 6) is 1.05. The molecule has 11 atom stereocenters. The van der Waals surface area contributed by atoms with Crippen LogP contribution in [0.3, 0.4) is 0 Å². The van der Waals surface area contributed by atoms with Crippen LogP contribution in [0.2, 0.25) is 0 Å². The highest BCUT2D eigenvalue weighted by molar-refractivity contribution is 5.33. The fourth-order valence-corrected chi connectivity index (χ4v) is 9.74. The van der Waals surface area contributed by atoms with Crippen molar-refractivity contribution in [2.75, 3.05) is 0 Å². The van der Waals surface area contributed by atoms with Gasteiger partial charge in [-0.2, -0.15) is 0 Å². The number of hydrogen-bond acceptors (Lipinski definition) is 5. The lowest BCUT2D eigenvalue weighted by Gasteiger charge is -2.64. The zero-order chi connectivity index (χ0) is 26.4. The molecule has 3 fully saturated rings. The minimum atomic E-state index is -1.48. The van der Waals surface area contributed by atoms with Crippen LogP contribution in [0, 0.1) is 45.3 Å². The van der Waals surface area contributed by atoms with Crippen LogP contribution in [0.5, 0.6) is 0 Å². The summed E-state index contributed by atoms with van der Waals surface area (Å²) in [6, 6.07) is 0. The minimum Gasteiger partial charge on any atom is -0.393 e. The number of hydrogen-bond donors (Lipinski definition) is 5. The molecule has 3 saturated carbocycles. The number of aliphatic hydroxyl groups is 5. The molecule has 0 aromatic heterocycles. The summed E-state index contributed by atoms with van der Waals surface area (Å²) < 4.78 is 0. The van der Waals surface area contributed by atoms with Crippen LogP contribution in [0.25, 0.3) is 0 Å². The number of rotatable bonds is 5. The van der Waals surface area contributed by atoms with Crippen molar-refractivity contribution in [1.29, 1.82) is 0 Å². The molecule has 0 spiro atoms. The van der Waals surface area contributed by atoms with Crippen molar-refractivity contribution in [3.8, 4) is 0 Å². The molecule has 11 unspecified atom stereocenters. The Labute approximate surface area is 213 Å². The van der Waals surface area contributed by atoms with Gasteiger partial charge in [0.1, 0.15) is 12.2 Å². The topological polar surface area (TPSA) is 101 Å². The molecule has 0 aliphatic heterocycles. The van der Waals surface area contributed by atoms with Gasteiger partial charge in [-0.1, -0.05) is 53.2 Å². The molecular formula is C30H52O5. The maximum Gasteiger partial charge on any atom is 0.110 e. The quantitative estimate of drug-likeness (QED) is 0.365. The van der Waals surface area contributed by atoms with Crippen molar-refractivity contribution < 1.29 is 25.5 Å². The van der Waals surface area contributed by atoms with E-state index >= 15 is 0 Å². The Bertz CT molecular complexity index is 844. The van der Waals surface area contributed by atoms with E-state index in [0.717, 1.165) is 44.9 Å². The molecule has 0 amide bonds. The van der Waals surface area contributed by atoms with Crippen molar-refractivity contribution in [2.45, 2.75) is 130 Å². The molecule has 0 bridgehead atoms. The fourth-order valence-electron chi connectivity index (χ4n) is 9.74. The molecule has 0 radical (unpaired) electrons. The Morgan fingerprint density at radius 1 is 0.914 bits per heavy atom. The average Bonchev–Trinajstić information content (AvgIpc) is 3.05. The highest BCUT2D eigenvalue weighted by Crippen LogP contribution is 2.73. The van der Waals surface area contributed by atoms with E-state index in [1.807, 2.05) is 6.92 Å². The Kier molecular flexibility index (Phi) is 6.72. The van der Waals surface area contributed by atoms with Crippen LogP contribution >= 0.6 is 0 Å². The van der Waals surface area contributed by atoms with Crippen LogP contribution in [-0.4, -0.2) is 55.5 Å². The summed E-state index contributed by atoms with van der Waals surface area (Å²) in [7, 11) is 0. The maximum absolute atomic E-state index is 11.1. The van der Waals surface area contributed by atoms with E-state index in [0.29, 0.717) is 11.8 Å². The Morgan fingerprint density at radius 3 is 2.14 bits per heavy atom. The van der Waals surface area contributed by atoms with Crippen molar-refractivity contribution in [3.63, 3.8) is 0 Å². The van der Waals surface area contributed by atoms with Gasteiger partial charge < -0.3 is 25.5 Å². The normalized spacial score (nSPS) is 46.5. The predicted octanol–water partition coefficient (Wildman–Crippen LogP) is 4.44. The van der Waals surface area contributed by atoms with Crippen LogP contribution in [0.4, 0.5) is 0 Å². The van der Waals surface area contributed by atoms with Gasteiger partial charge in [-0.3, -0.25) is 0 Å². The molecule has 0 aromatic carbocycles. The van der Waals surface area contributed by atoms with Gasteiger partial charge in [0, 0.05) is 0 Å². The van der Waals surface area contributed by atoms with Crippen LogP contribution in [0.1, 0.15) is 100 Å². The summed E-state index contributed by atoms with van der Waals surface area (Å²) in [5, 5.41) is 53.3. The highest BCUT2D eigenvalue weighted by Gasteiger charge is 2.65. The van der Waals surface area contributed by atoms with E-state index < -0.39 is 23.9 Å². The average molecular weight is 493 g/mol. The van der Waals surface area contributed by atoms with E-state index in [2.05, 4.69) is 40.7 Å². The molecule has 4 aliphatic carbocycles. The predicted molar refractivity (Wildman–Crippen MR) is 138 cm³/mol. The van der Waals surface area contributed by atoms with E-state index in [4.69, 9.17) is 0 Å². The Morgan fingerprint density at radius 2 is 1.54 bits per heavy atom. The smallest absolute Gasteiger partial charge is 0.110 e. The van der Waals surface area contributed by atoms with Gasteiger partial charge in [-0.05, 0) is 104 Å². The zero-order valence-electron chi connectivity index (χ0n) is 23.4. The van der Waals surface area contributed by atoms with Gasteiger partial charge in [-0.15, -0.1) is 0 Å². The van der Waals surface area contributed by atoms with Gasteiger partial charge in [0.2, 0.25) is 0 Å². The molecular weight excluding hydrogens is 440 g/mol. The van der Waals surface area contributed by atoms with E-state index in [9.17, 15) is 25.5 Å². The van der Waals surface area contributed by atoms with Crippen molar-refractivity contribution in [2.24, 2.45) is 45.3 Å². The number of aliphatic hydroxyl groups excluding tert-OH is 4. The monoisotopic (exact) mass is 492 g/mol. The van der Waals surface area contributed by atoms with E-state index in [-0.39, 0.29) is 39.6 Å². The lowest BCUT2D eigenvalue weighted by Crippen LogP contribution is -2.58. The molecule has 4 rings (SSSR count). The molecule has 202 valence electrons. The lowest BCUT2D eigenvalue weighted by atomic mass is 9.41. The van der Waals surface area contributed by atoms with Gasteiger partial charge in [0.15, 0.2) is 0 Å². The molecule has 0 heterocycles. The Hall–Kier alpha value is -0.460. The zero-order valence-corrected chi connectivity index (χ0v) is 23.4. The second kappa shape index (κ2) is 8.53. The van der Waals surface area contributed by atoms with Gasteiger partial charge in [0.25, 0.3) is 0 Å². The van der Waals surface area contributed by atoms with Gasteiger partial charge in [-0.25, -0.2) is 0 Å². The van der Waals surface area contributed by atoms with Gasteiger partial charge >= 0.3 is 0 Å². The first kappa shape index (κ1) is 27.6. The van der Waals surface area contributed by atoms with Crippen LogP contribution in [-0.2, 0) is 0 Å². The third-order valence-electron chi connectivity index (χ3n) is 12.4. The number of fused-ring (bicyclic) bond motifs is 5. The number of allylic oxidation sites excluding steroid dienone is 2. The summed E-state index contributed by atoms with van der Waals surface area (Å²) in [5.41, 5.74) is 0.300. The van der Waals surface area contributed by atoms with Crippen LogP contribution in [0.15, 0.2) is 11.6 Å². The summed E-state index contributed by atoms with van der Waals surface area (Å²) in [6.07, 6.45) is 5.68. The maximum atomic E-state index is 11.1. The third kappa shape index (κ3) is 3.81. The summed E-state index contributed by atoms with van der Waals surface area (Å²) in [6.45, 7) is 16.8. The van der Waals surface area contributed by atoms with Crippen LogP contribution < -0.4 is 0 Å². The molecule has 0 saturated heterocycles. The van der Waals surface area contributed by atoms with E-state index in [1.54, 1.807) is 5.57 Å². The SMILES string of the molecule is CC(C(O)C(O)C(O)C(C)(C)O)C1CCC2(C)C3=CCC4C(C)(C)C(O)CCC4(C)C3CCC12C. The van der Waals surface area contributed by atoms with Crippen molar-refractivity contribution >= 4 is 0 Å². The Balaban J connectivity index is 1.63. The summed E-state index contributed by atoms with van der Waals surface area (Å²) >= 11 is 0. The molecule has 5 N–H and O–H groups in total. The minimum absolute atomic E-state index is 0.00201. The molecule has 5 nitrogen and oxygen atoms in total. The fraction of sp³-hybridized carbons (Fsp3) is 0.933. The second-order valence-corrected chi connectivity index (χ2v) is 14.8. The second-order valence-electron chi connectivity index (χ2n) is 14.8. The highest BCUT2D eigenvalue weighted by atomic mass is 16.4. The standard InChI is InChI=1S/C30H52O5/c1-17(23(32)24(33)25(34)27(4,5)35)18-11-15-30(8)20-9-10-21-26(2,3)22(31)13-14-28(21,6)19(20)12-16-29(18,30)7/h9,17-19,21-25,31-35H,10-16H2,1-8H3. The first-order valence-electron chi connectivity index (χ1n) is 14.1. The first-order chi connectivity index (χ1) is 15.9. The largest absolute Gasteiger partial charge is 0.393 e. The van der Waals surface area contributed by atoms with Crippen molar-refractivity contribution in [1.82, 2.24) is 0 Å². The third-order valence-corrected chi connectivity index (χ3v) is 12.4. The molecule has 0 aromatic rings. The lowest BCUT2D eigenvalue weighted by molar-refractivity contribution is -0.158. The first-order valence-corrected chi connectivity index (χ1v) is 14.1.